The highest BCUT2D eigenvalue weighted by molar-refractivity contribution is 14.1. The predicted molar refractivity (Wildman–Crippen MR) is 90.0 cm³/mol. The normalized spacial score (nSPS) is 21.4. The quantitative estimate of drug-likeness (QED) is 0.675. The van der Waals surface area contributed by atoms with Crippen molar-refractivity contribution in [2.75, 3.05) is 5.32 Å². The van der Waals surface area contributed by atoms with Crippen molar-refractivity contribution in [3.63, 3.8) is 0 Å². The van der Waals surface area contributed by atoms with E-state index >= 15 is 0 Å². The Balaban J connectivity index is 1.59. The Morgan fingerprint density at radius 2 is 1.80 bits per heavy atom. The lowest BCUT2D eigenvalue weighted by molar-refractivity contribution is 0.374. The Kier molecular flexibility index (Phi) is 4.17. The summed E-state index contributed by atoms with van der Waals surface area (Å²) in [5, 5.41) is 4.24. The molecule has 0 amide bonds. The molecule has 0 bridgehead atoms. The van der Waals surface area contributed by atoms with Crippen molar-refractivity contribution in [3.8, 4) is 0 Å². The summed E-state index contributed by atoms with van der Waals surface area (Å²) < 4.78 is 14.0. The van der Waals surface area contributed by atoms with Crippen LogP contribution in [0.4, 0.5) is 10.1 Å². The maximum atomic E-state index is 12.9. The van der Waals surface area contributed by atoms with Crippen LogP contribution in [0.1, 0.15) is 24.3 Å². The monoisotopic (exact) mass is 401 g/mol. The maximum Gasteiger partial charge on any atom is 0.123 e. The van der Waals surface area contributed by atoms with Gasteiger partial charge in [0.15, 0.2) is 0 Å². The molecule has 0 radical (unpaired) electrons. The summed E-state index contributed by atoms with van der Waals surface area (Å²) in [6.45, 7) is 0. The fourth-order valence-electron chi connectivity index (χ4n) is 2.57. The number of halogens is 3. The van der Waals surface area contributed by atoms with Crippen molar-refractivity contribution in [2.45, 2.75) is 24.8 Å². The summed E-state index contributed by atoms with van der Waals surface area (Å²) in [4.78, 5) is 0. The molecule has 1 N–H and O–H groups in total. The highest BCUT2D eigenvalue weighted by Crippen LogP contribution is 2.39. The minimum atomic E-state index is -0.173. The largest absolute Gasteiger partial charge is 0.381 e. The lowest BCUT2D eigenvalue weighted by Gasteiger charge is -2.37. The lowest BCUT2D eigenvalue weighted by atomic mass is 9.76. The molecule has 1 nitrogen and oxygen atoms in total. The van der Waals surface area contributed by atoms with Crippen molar-refractivity contribution in [1.29, 1.82) is 0 Å². The van der Waals surface area contributed by atoms with E-state index in [1.54, 1.807) is 0 Å². The van der Waals surface area contributed by atoms with E-state index in [9.17, 15) is 4.39 Å². The Bertz CT molecular complexity index is 608. The van der Waals surface area contributed by atoms with Crippen LogP contribution >= 0.6 is 34.2 Å². The molecule has 0 heterocycles. The molecule has 0 unspecified atom stereocenters. The summed E-state index contributed by atoms with van der Waals surface area (Å²) in [5.74, 6) is 0.351. The number of benzene rings is 2. The number of hydrogen-bond donors (Lipinski definition) is 1. The average molecular weight is 402 g/mol. The van der Waals surface area contributed by atoms with Gasteiger partial charge in [-0.15, -0.1) is 0 Å². The smallest absolute Gasteiger partial charge is 0.123 e. The Morgan fingerprint density at radius 3 is 2.45 bits per heavy atom. The summed E-state index contributed by atoms with van der Waals surface area (Å²) >= 11 is 8.47. The molecular weight excluding hydrogens is 388 g/mol. The first-order chi connectivity index (χ1) is 9.61. The minimum Gasteiger partial charge on any atom is -0.381 e. The van der Waals surface area contributed by atoms with Gasteiger partial charge in [0.2, 0.25) is 0 Å². The Morgan fingerprint density at radius 1 is 1.10 bits per heavy atom. The molecule has 1 aliphatic rings. The van der Waals surface area contributed by atoms with Gasteiger partial charge in [0.1, 0.15) is 5.82 Å². The Labute approximate surface area is 136 Å². The molecule has 2 aromatic rings. The fraction of sp³-hybridized carbons (Fsp3) is 0.250. The molecule has 1 fully saturated rings. The van der Waals surface area contributed by atoms with Gasteiger partial charge in [-0.2, -0.15) is 0 Å². The lowest BCUT2D eigenvalue weighted by Crippen LogP contribution is -2.34. The van der Waals surface area contributed by atoms with Gasteiger partial charge in [0.05, 0.1) is 10.7 Å². The van der Waals surface area contributed by atoms with E-state index in [0.29, 0.717) is 12.0 Å². The number of anilines is 1. The van der Waals surface area contributed by atoms with Crippen LogP contribution in [0.3, 0.4) is 0 Å². The SMILES string of the molecule is Fc1ccc(C2CC(Nc3ccc(I)cc3Cl)C2)cc1. The molecule has 1 aliphatic carbocycles. The molecule has 0 aromatic heterocycles. The van der Waals surface area contributed by atoms with Crippen LogP contribution in [0.2, 0.25) is 5.02 Å². The summed E-state index contributed by atoms with van der Waals surface area (Å²) in [5.41, 5.74) is 2.22. The van der Waals surface area contributed by atoms with E-state index in [-0.39, 0.29) is 5.82 Å². The van der Waals surface area contributed by atoms with Crippen molar-refractivity contribution < 1.29 is 4.39 Å². The highest BCUT2D eigenvalue weighted by Gasteiger charge is 2.30. The van der Waals surface area contributed by atoms with Crippen molar-refractivity contribution in [1.82, 2.24) is 0 Å². The zero-order valence-corrected chi connectivity index (χ0v) is 13.7. The van der Waals surface area contributed by atoms with Gasteiger partial charge in [0.25, 0.3) is 0 Å². The third-order valence-electron chi connectivity index (χ3n) is 3.77. The molecule has 20 heavy (non-hydrogen) atoms. The predicted octanol–water partition coefficient (Wildman–Crippen LogP) is 5.44. The molecule has 0 saturated heterocycles. The third-order valence-corrected chi connectivity index (χ3v) is 4.75. The van der Waals surface area contributed by atoms with Crippen molar-refractivity contribution >= 4 is 39.9 Å². The molecule has 0 aliphatic heterocycles. The second-order valence-electron chi connectivity index (χ2n) is 5.19. The third kappa shape index (κ3) is 3.09. The summed E-state index contributed by atoms with van der Waals surface area (Å²) in [6, 6.07) is 13.3. The van der Waals surface area contributed by atoms with Crippen LogP contribution in [0.5, 0.6) is 0 Å². The molecule has 0 spiro atoms. The zero-order valence-electron chi connectivity index (χ0n) is 10.7. The van der Waals surface area contributed by atoms with E-state index in [1.807, 2.05) is 30.3 Å². The first-order valence-corrected chi connectivity index (χ1v) is 8.04. The van der Waals surface area contributed by atoms with Crippen LogP contribution in [-0.2, 0) is 0 Å². The van der Waals surface area contributed by atoms with Gasteiger partial charge in [-0.05, 0) is 77.2 Å². The zero-order chi connectivity index (χ0) is 14.1. The Hall–Kier alpha value is -0.810. The number of nitrogens with one attached hydrogen (secondary N) is 1. The summed E-state index contributed by atoms with van der Waals surface area (Å²) in [7, 11) is 0. The van der Waals surface area contributed by atoms with Gasteiger partial charge in [-0.3, -0.25) is 0 Å². The summed E-state index contributed by atoms with van der Waals surface area (Å²) in [6.07, 6.45) is 2.13. The van der Waals surface area contributed by atoms with Crippen molar-refractivity contribution in [3.05, 3.63) is 62.4 Å². The van der Waals surface area contributed by atoms with E-state index in [1.165, 1.54) is 17.7 Å². The van der Waals surface area contributed by atoms with Gasteiger partial charge < -0.3 is 5.32 Å². The first-order valence-electron chi connectivity index (χ1n) is 6.59. The van der Waals surface area contributed by atoms with E-state index in [4.69, 9.17) is 11.6 Å². The van der Waals surface area contributed by atoms with Crippen LogP contribution in [0, 0.1) is 9.39 Å². The molecule has 2 aromatic carbocycles. The second-order valence-corrected chi connectivity index (χ2v) is 6.84. The molecule has 1 saturated carbocycles. The van der Waals surface area contributed by atoms with E-state index in [0.717, 1.165) is 27.1 Å². The van der Waals surface area contributed by atoms with Crippen molar-refractivity contribution in [2.24, 2.45) is 0 Å². The van der Waals surface area contributed by atoms with Crippen LogP contribution < -0.4 is 5.32 Å². The molecule has 3 rings (SSSR count). The average Bonchev–Trinajstić information content (AvgIpc) is 2.37. The number of hydrogen-bond acceptors (Lipinski definition) is 1. The first kappa shape index (κ1) is 14.1. The topological polar surface area (TPSA) is 12.0 Å². The van der Waals surface area contributed by atoms with Gasteiger partial charge in [-0.1, -0.05) is 23.7 Å². The van der Waals surface area contributed by atoms with Crippen LogP contribution in [-0.4, -0.2) is 6.04 Å². The van der Waals surface area contributed by atoms with Gasteiger partial charge in [-0.25, -0.2) is 4.39 Å². The van der Waals surface area contributed by atoms with Crippen LogP contribution in [0.25, 0.3) is 0 Å². The minimum absolute atomic E-state index is 0.173. The highest BCUT2D eigenvalue weighted by atomic mass is 127. The molecule has 4 heteroatoms. The van der Waals surface area contributed by atoms with Gasteiger partial charge in [0, 0.05) is 9.61 Å². The number of rotatable bonds is 3. The molecular formula is C16H14ClFIN. The fourth-order valence-corrected chi connectivity index (χ4v) is 3.48. The van der Waals surface area contributed by atoms with Gasteiger partial charge >= 0.3 is 0 Å². The molecule has 104 valence electrons. The standard InChI is InChI=1S/C16H14ClFIN/c17-15-9-13(19)5-6-16(15)20-14-7-11(8-14)10-1-3-12(18)4-2-10/h1-6,9,11,14,20H,7-8H2. The maximum absolute atomic E-state index is 12.9. The van der Waals surface area contributed by atoms with E-state index < -0.39 is 0 Å². The van der Waals surface area contributed by atoms with E-state index in [2.05, 4.69) is 27.9 Å². The molecule has 0 atom stereocenters. The van der Waals surface area contributed by atoms with Crippen LogP contribution in [0.15, 0.2) is 42.5 Å². The second kappa shape index (κ2) is 5.90.